The molecule has 1 heterocycles. The van der Waals surface area contributed by atoms with Crippen LogP contribution in [-0.2, 0) is 26.2 Å². The van der Waals surface area contributed by atoms with E-state index < -0.39 is 39.6 Å². The van der Waals surface area contributed by atoms with Crippen molar-refractivity contribution in [3.63, 3.8) is 0 Å². The van der Waals surface area contributed by atoms with Gasteiger partial charge < -0.3 is 10.2 Å². The van der Waals surface area contributed by atoms with Crippen LogP contribution < -0.4 is 5.32 Å². The third kappa shape index (κ3) is 4.50. The summed E-state index contributed by atoms with van der Waals surface area (Å²) in [7, 11) is -4.05. The molecule has 0 spiro atoms. The Morgan fingerprint density at radius 1 is 1.12 bits per heavy atom. The van der Waals surface area contributed by atoms with E-state index in [2.05, 4.69) is 5.32 Å². The summed E-state index contributed by atoms with van der Waals surface area (Å²) in [4.78, 5) is 39.1. The Bertz CT molecular complexity index is 1150. The highest BCUT2D eigenvalue weighted by atomic mass is 32.2. The molecule has 0 bridgehead atoms. The van der Waals surface area contributed by atoms with E-state index in [1.165, 1.54) is 48.2 Å². The number of hydrogen-bond donors (Lipinski definition) is 1. The zero-order valence-corrected chi connectivity index (χ0v) is 18.6. The van der Waals surface area contributed by atoms with Gasteiger partial charge in [-0.2, -0.15) is 0 Å². The van der Waals surface area contributed by atoms with Crippen LogP contribution in [0.25, 0.3) is 0 Å². The fourth-order valence-corrected chi connectivity index (χ4v) is 5.08. The van der Waals surface area contributed by atoms with Gasteiger partial charge in [-0.3, -0.25) is 14.4 Å². The summed E-state index contributed by atoms with van der Waals surface area (Å²) in [6.45, 7) is 3.03. The third-order valence-corrected chi connectivity index (χ3v) is 7.10. The molecule has 1 unspecified atom stereocenters. The van der Waals surface area contributed by atoms with Gasteiger partial charge in [-0.1, -0.05) is 30.3 Å². The van der Waals surface area contributed by atoms with E-state index in [0.717, 1.165) is 0 Å². The number of carbonyl (C=O) groups is 3. The number of carbonyl (C=O) groups excluding carboxylic acids is 3. The highest BCUT2D eigenvalue weighted by Crippen LogP contribution is 2.30. The van der Waals surface area contributed by atoms with E-state index in [9.17, 15) is 27.2 Å². The van der Waals surface area contributed by atoms with Crippen LogP contribution in [0.1, 0.15) is 36.2 Å². The Morgan fingerprint density at radius 3 is 2.44 bits per heavy atom. The molecule has 10 heteroatoms. The molecule has 8 nitrogen and oxygen atoms in total. The molecule has 2 aromatic carbocycles. The normalized spacial score (nSPS) is 15.2. The molecule has 0 saturated heterocycles. The standard InChI is InChI=1S/C22H24FN3O5S/c1-3-24-21(28)15(2)25(14-16-8-4-6-10-18(16)23)20(27)12-13-26-22(29)17-9-5-7-11-19(17)32(26,30)31/h4-11,15H,3,12-14H2,1-2H3,(H,24,28). The first-order valence-corrected chi connectivity index (χ1v) is 11.6. The van der Waals surface area contributed by atoms with Crippen molar-refractivity contribution >= 4 is 27.7 Å². The molecule has 0 saturated carbocycles. The maximum absolute atomic E-state index is 14.2. The number of nitrogens with zero attached hydrogens (tertiary/aromatic N) is 2. The number of hydrogen-bond acceptors (Lipinski definition) is 5. The van der Waals surface area contributed by atoms with Gasteiger partial charge in [0.2, 0.25) is 11.8 Å². The first-order valence-electron chi connectivity index (χ1n) is 10.1. The largest absolute Gasteiger partial charge is 0.355 e. The Kier molecular flexibility index (Phi) is 6.93. The molecule has 1 aliphatic heterocycles. The van der Waals surface area contributed by atoms with Gasteiger partial charge in [-0.05, 0) is 32.0 Å². The SMILES string of the molecule is CCNC(=O)C(C)N(Cc1ccccc1F)C(=O)CCN1C(=O)c2ccccc2S1(=O)=O. The lowest BCUT2D eigenvalue weighted by Crippen LogP contribution is -2.48. The van der Waals surface area contributed by atoms with Crippen molar-refractivity contribution < 1.29 is 27.2 Å². The zero-order chi connectivity index (χ0) is 23.5. The quantitative estimate of drug-likeness (QED) is 0.647. The molecule has 170 valence electrons. The van der Waals surface area contributed by atoms with Gasteiger partial charge in [-0.15, -0.1) is 0 Å². The topological polar surface area (TPSA) is 104 Å². The molecule has 3 rings (SSSR count). The van der Waals surface area contributed by atoms with Crippen molar-refractivity contribution in [1.82, 2.24) is 14.5 Å². The van der Waals surface area contributed by atoms with E-state index in [4.69, 9.17) is 0 Å². The van der Waals surface area contributed by atoms with Crippen LogP contribution in [0.3, 0.4) is 0 Å². The molecule has 0 radical (unpaired) electrons. The number of halogens is 1. The van der Waals surface area contributed by atoms with E-state index in [0.29, 0.717) is 10.8 Å². The molecule has 0 aliphatic carbocycles. The van der Waals surface area contributed by atoms with Crippen LogP contribution in [-0.4, -0.2) is 54.5 Å². The smallest absolute Gasteiger partial charge is 0.269 e. The first-order chi connectivity index (χ1) is 15.2. The summed E-state index contributed by atoms with van der Waals surface area (Å²) < 4.78 is 40.3. The number of rotatable bonds is 8. The molecule has 3 amide bonds. The van der Waals surface area contributed by atoms with Crippen LogP contribution in [0.15, 0.2) is 53.4 Å². The van der Waals surface area contributed by atoms with Crippen LogP contribution in [0.4, 0.5) is 4.39 Å². The summed E-state index contributed by atoms with van der Waals surface area (Å²) in [6.07, 6.45) is -0.350. The van der Waals surface area contributed by atoms with Crippen molar-refractivity contribution in [1.29, 1.82) is 0 Å². The highest BCUT2D eigenvalue weighted by Gasteiger charge is 2.41. The Labute approximate surface area is 186 Å². The van der Waals surface area contributed by atoms with Crippen LogP contribution in [0, 0.1) is 5.82 Å². The second-order valence-corrected chi connectivity index (χ2v) is 9.14. The molecular weight excluding hydrogens is 437 g/mol. The van der Waals surface area contributed by atoms with Gasteiger partial charge in [0.25, 0.3) is 15.9 Å². The van der Waals surface area contributed by atoms with Crippen molar-refractivity contribution in [3.8, 4) is 0 Å². The number of benzene rings is 2. The number of fused-ring (bicyclic) bond motifs is 1. The van der Waals surface area contributed by atoms with Crippen LogP contribution in [0.2, 0.25) is 0 Å². The monoisotopic (exact) mass is 461 g/mol. The number of sulfonamides is 1. The number of likely N-dealkylation sites (N-methyl/N-ethyl adjacent to an activating group) is 1. The second kappa shape index (κ2) is 9.47. The van der Waals surface area contributed by atoms with E-state index in [1.807, 2.05) is 0 Å². The van der Waals surface area contributed by atoms with Gasteiger partial charge in [0, 0.05) is 31.6 Å². The lowest BCUT2D eigenvalue weighted by atomic mass is 10.1. The Hall–Kier alpha value is -3.27. The van der Waals surface area contributed by atoms with Crippen LogP contribution in [0.5, 0.6) is 0 Å². The molecule has 32 heavy (non-hydrogen) atoms. The predicted octanol–water partition coefficient (Wildman–Crippen LogP) is 1.91. The molecular formula is C22H24FN3O5S. The fourth-order valence-electron chi connectivity index (χ4n) is 3.51. The molecule has 1 aliphatic rings. The number of nitrogens with one attached hydrogen (secondary N) is 1. The average Bonchev–Trinajstić information content (AvgIpc) is 2.96. The van der Waals surface area contributed by atoms with E-state index in [1.54, 1.807) is 19.1 Å². The maximum atomic E-state index is 14.2. The van der Waals surface area contributed by atoms with Gasteiger partial charge >= 0.3 is 0 Å². The summed E-state index contributed by atoms with van der Waals surface area (Å²) in [5.74, 6) is -2.23. The summed E-state index contributed by atoms with van der Waals surface area (Å²) in [5.41, 5.74) is 0.271. The minimum Gasteiger partial charge on any atom is -0.355 e. The lowest BCUT2D eigenvalue weighted by Gasteiger charge is -2.29. The third-order valence-electron chi connectivity index (χ3n) is 5.26. The van der Waals surface area contributed by atoms with Crippen molar-refractivity contribution in [2.75, 3.05) is 13.1 Å². The average molecular weight is 462 g/mol. The summed E-state index contributed by atoms with van der Waals surface area (Å²) >= 11 is 0. The Morgan fingerprint density at radius 2 is 1.78 bits per heavy atom. The van der Waals surface area contributed by atoms with Crippen molar-refractivity contribution in [2.24, 2.45) is 0 Å². The minimum atomic E-state index is -4.05. The van der Waals surface area contributed by atoms with Crippen LogP contribution >= 0.6 is 0 Å². The summed E-state index contributed by atoms with van der Waals surface area (Å²) in [5, 5.41) is 2.62. The Balaban J connectivity index is 1.80. The van der Waals surface area contributed by atoms with Crippen molar-refractivity contribution in [2.45, 2.75) is 37.8 Å². The molecule has 0 aromatic heterocycles. The molecule has 0 fully saturated rings. The van der Waals surface area contributed by atoms with E-state index in [-0.39, 0.29) is 35.5 Å². The van der Waals surface area contributed by atoms with Gasteiger partial charge in [-0.25, -0.2) is 17.1 Å². The van der Waals surface area contributed by atoms with Gasteiger partial charge in [0.05, 0.1) is 5.56 Å². The van der Waals surface area contributed by atoms with Gasteiger partial charge in [0.15, 0.2) is 0 Å². The van der Waals surface area contributed by atoms with Crippen molar-refractivity contribution in [3.05, 3.63) is 65.5 Å². The minimum absolute atomic E-state index is 0.0545. The fraction of sp³-hybridized carbons (Fsp3) is 0.318. The molecule has 1 N–H and O–H groups in total. The second-order valence-electron chi connectivity index (χ2n) is 7.31. The molecule has 1 atom stereocenters. The van der Waals surface area contributed by atoms with E-state index >= 15 is 0 Å². The predicted molar refractivity (Wildman–Crippen MR) is 114 cm³/mol. The molecule has 2 aromatic rings. The zero-order valence-electron chi connectivity index (χ0n) is 17.7. The number of amides is 3. The summed E-state index contributed by atoms with van der Waals surface area (Å²) in [6, 6.07) is 10.8. The highest BCUT2D eigenvalue weighted by molar-refractivity contribution is 7.90. The maximum Gasteiger partial charge on any atom is 0.269 e. The van der Waals surface area contributed by atoms with Gasteiger partial charge in [0.1, 0.15) is 16.8 Å². The lowest BCUT2D eigenvalue weighted by molar-refractivity contribution is -0.140. The first kappa shape index (κ1) is 23.4.